The molecule has 2 aromatic rings. The number of carbonyl (C=O) groups excluding carboxylic acids is 3. The van der Waals surface area contributed by atoms with Crippen molar-refractivity contribution in [1.82, 2.24) is 0 Å². The molecule has 0 radical (unpaired) electrons. The number of sulfonamides is 2. The van der Waals surface area contributed by atoms with Gasteiger partial charge in [-0.15, -0.1) is 0 Å². The second-order valence-electron chi connectivity index (χ2n) is 6.49. The fourth-order valence-electron chi connectivity index (χ4n) is 2.89. The van der Waals surface area contributed by atoms with Gasteiger partial charge >= 0.3 is 0 Å². The van der Waals surface area contributed by atoms with E-state index in [4.69, 9.17) is 10.3 Å². The van der Waals surface area contributed by atoms with Crippen LogP contribution in [0.3, 0.4) is 0 Å². The van der Waals surface area contributed by atoms with Crippen LogP contribution in [0.15, 0.2) is 63.5 Å². The summed E-state index contributed by atoms with van der Waals surface area (Å²) in [4.78, 5) is 38.1. The van der Waals surface area contributed by atoms with Crippen molar-refractivity contribution in [3.8, 4) is 0 Å². The number of benzene rings is 2. The molecule has 1 aliphatic rings. The summed E-state index contributed by atoms with van der Waals surface area (Å²) >= 11 is 0. The molecular weight excluding hydrogens is 466 g/mol. The van der Waals surface area contributed by atoms with Crippen LogP contribution in [-0.4, -0.2) is 45.5 Å². The van der Waals surface area contributed by atoms with E-state index in [1.165, 1.54) is 12.1 Å². The van der Waals surface area contributed by atoms with E-state index in [-0.39, 0.29) is 21.2 Å². The van der Waals surface area contributed by atoms with Crippen LogP contribution < -0.4 is 20.5 Å². The third-order valence-electron chi connectivity index (χ3n) is 4.41. The minimum absolute atomic E-state index is 0.0795. The second-order valence-corrected chi connectivity index (χ2v) is 9.62. The number of anilines is 2. The average molecular weight is 481 g/mol. The van der Waals surface area contributed by atoms with Gasteiger partial charge in [0.15, 0.2) is 11.6 Å². The predicted octanol–water partition coefficient (Wildman–Crippen LogP) is -1.06. The van der Waals surface area contributed by atoms with Crippen molar-refractivity contribution >= 4 is 54.9 Å². The van der Waals surface area contributed by atoms with E-state index in [1.807, 2.05) is 0 Å². The Balaban J connectivity index is 1.88. The minimum atomic E-state index is -4.02. The Morgan fingerprint density at radius 3 is 1.81 bits per heavy atom. The predicted molar refractivity (Wildman–Crippen MR) is 109 cm³/mol. The zero-order valence-corrected chi connectivity index (χ0v) is 17.5. The molecule has 6 N–H and O–H groups in total. The summed E-state index contributed by atoms with van der Waals surface area (Å²) in [5.74, 6) is -4.98. The number of primary sulfonamides is 2. The van der Waals surface area contributed by atoms with Gasteiger partial charge in [-0.25, -0.2) is 32.0 Å². The van der Waals surface area contributed by atoms with Gasteiger partial charge in [-0.3, -0.25) is 14.4 Å². The van der Waals surface area contributed by atoms with E-state index in [2.05, 4.69) is 10.5 Å². The van der Waals surface area contributed by atoms with Crippen molar-refractivity contribution in [3.63, 3.8) is 0 Å². The van der Waals surface area contributed by atoms with Crippen molar-refractivity contribution < 1.29 is 36.4 Å². The molecule has 1 fully saturated rings. The van der Waals surface area contributed by atoms with Crippen LogP contribution >= 0.6 is 0 Å². The standard InChI is InChI=1S/C17H15N5O8S2/c18-31(27,28)11-5-1-9(2-6-11)20-15(23)13-14(21-26)17(25)22(16(13)24)10-3-7-12(8-4-10)32(19,29)30/h1-8,13,26H,(H,20,23)(H2,18,27,28)(H2,19,29,30)/b21-14-/t13-/m0/s1. The molecule has 13 nitrogen and oxygen atoms in total. The summed E-state index contributed by atoms with van der Waals surface area (Å²) in [7, 11) is -7.98. The third kappa shape index (κ3) is 4.35. The summed E-state index contributed by atoms with van der Waals surface area (Å²) in [6, 6.07) is 9.01. The van der Waals surface area contributed by atoms with E-state index in [0.29, 0.717) is 4.90 Å². The zero-order valence-electron chi connectivity index (χ0n) is 15.9. The van der Waals surface area contributed by atoms with Gasteiger partial charge in [-0.05, 0) is 48.5 Å². The van der Waals surface area contributed by atoms with Crippen LogP contribution in [-0.2, 0) is 34.4 Å². The van der Waals surface area contributed by atoms with E-state index in [9.17, 15) is 36.4 Å². The number of rotatable bonds is 5. The van der Waals surface area contributed by atoms with Crippen molar-refractivity contribution in [1.29, 1.82) is 0 Å². The lowest BCUT2D eigenvalue weighted by Crippen LogP contribution is -2.34. The van der Waals surface area contributed by atoms with E-state index >= 15 is 0 Å². The number of hydrogen-bond acceptors (Lipinski definition) is 9. The smallest absolute Gasteiger partial charge is 0.284 e. The van der Waals surface area contributed by atoms with E-state index in [1.54, 1.807) is 0 Å². The molecule has 0 aromatic heterocycles. The molecule has 1 heterocycles. The number of carbonyl (C=O) groups is 3. The first-order chi connectivity index (χ1) is 14.8. The molecule has 1 saturated heterocycles. The normalized spacial score (nSPS) is 18.2. The number of hydrogen-bond donors (Lipinski definition) is 4. The van der Waals surface area contributed by atoms with Crippen molar-refractivity contribution in [3.05, 3.63) is 48.5 Å². The highest BCUT2D eigenvalue weighted by Crippen LogP contribution is 2.27. The maximum Gasteiger partial charge on any atom is 0.284 e. The maximum atomic E-state index is 12.8. The molecule has 1 atom stereocenters. The number of amides is 3. The Morgan fingerprint density at radius 1 is 0.906 bits per heavy atom. The molecule has 3 amide bonds. The Morgan fingerprint density at radius 2 is 1.38 bits per heavy atom. The quantitative estimate of drug-likeness (QED) is 0.178. The molecule has 0 saturated carbocycles. The first kappa shape index (κ1) is 23.0. The van der Waals surface area contributed by atoms with Crippen LogP contribution in [0.4, 0.5) is 11.4 Å². The zero-order chi connectivity index (χ0) is 23.8. The number of oxime groups is 1. The maximum absolute atomic E-state index is 12.8. The molecular formula is C17H15N5O8S2. The monoisotopic (exact) mass is 481 g/mol. The lowest BCUT2D eigenvalue weighted by molar-refractivity contribution is -0.127. The van der Waals surface area contributed by atoms with Gasteiger partial charge in [0.05, 0.1) is 15.5 Å². The summed E-state index contributed by atoms with van der Waals surface area (Å²) in [5, 5.41) is 24.3. The van der Waals surface area contributed by atoms with Crippen molar-refractivity contribution in [2.75, 3.05) is 10.2 Å². The number of imide groups is 1. The molecule has 168 valence electrons. The highest BCUT2D eigenvalue weighted by Gasteiger charge is 2.50. The lowest BCUT2D eigenvalue weighted by atomic mass is 10.1. The van der Waals surface area contributed by atoms with Crippen LogP contribution in [0.2, 0.25) is 0 Å². The van der Waals surface area contributed by atoms with Crippen LogP contribution in [0.25, 0.3) is 0 Å². The summed E-state index contributed by atoms with van der Waals surface area (Å²) in [6.07, 6.45) is 0. The minimum Gasteiger partial charge on any atom is -0.410 e. The highest BCUT2D eigenvalue weighted by atomic mass is 32.2. The molecule has 0 spiro atoms. The molecule has 2 aromatic carbocycles. The Labute approximate surface area is 181 Å². The second kappa shape index (κ2) is 8.12. The van der Waals surface area contributed by atoms with Crippen LogP contribution in [0.1, 0.15) is 0 Å². The number of nitrogens with two attached hydrogens (primary N) is 2. The van der Waals surface area contributed by atoms with Gasteiger partial charge in [-0.1, -0.05) is 5.16 Å². The van der Waals surface area contributed by atoms with Gasteiger partial charge in [0.25, 0.3) is 11.8 Å². The van der Waals surface area contributed by atoms with Crippen LogP contribution in [0, 0.1) is 5.92 Å². The fourth-order valence-corrected chi connectivity index (χ4v) is 3.92. The molecule has 32 heavy (non-hydrogen) atoms. The summed E-state index contributed by atoms with van der Waals surface area (Å²) < 4.78 is 45.3. The summed E-state index contributed by atoms with van der Waals surface area (Å²) in [6.45, 7) is 0. The molecule has 0 aliphatic carbocycles. The Bertz CT molecular complexity index is 1350. The third-order valence-corrected chi connectivity index (χ3v) is 6.27. The van der Waals surface area contributed by atoms with Gasteiger partial charge < -0.3 is 10.5 Å². The van der Waals surface area contributed by atoms with Gasteiger partial charge in [0.2, 0.25) is 26.0 Å². The van der Waals surface area contributed by atoms with Gasteiger partial charge in [0, 0.05) is 5.69 Å². The van der Waals surface area contributed by atoms with Crippen molar-refractivity contribution in [2.24, 2.45) is 21.4 Å². The Hall–Kier alpha value is -3.66. The molecule has 0 unspecified atom stereocenters. The first-order valence-corrected chi connectivity index (χ1v) is 11.6. The highest BCUT2D eigenvalue weighted by molar-refractivity contribution is 7.89. The van der Waals surface area contributed by atoms with Gasteiger partial charge in [-0.2, -0.15) is 0 Å². The van der Waals surface area contributed by atoms with E-state index in [0.717, 1.165) is 36.4 Å². The average Bonchev–Trinajstić information content (AvgIpc) is 2.96. The molecule has 3 rings (SSSR count). The molecule has 1 aliphatic heterocycles. The van der Waals surface area contributed by atoms with Gasteiger partial charge in [0.1, 0.15) is 0 Å². The first-order valence-electron chi connectivity index (χ1n) is 8.51. The topological polar surface area (TPSA) is 219 Å². The van der Waals surface area contributed by atoms with Crippen LogP contribution in [0.5, 0.6) is 0 Å². The van der Waals surface area contributed by atoms with E-state index < -0.39 is 49.4 Å². The SMILES string of the molecule is NS(=O)(=O)c1ccc(NC(=O)[C@H]2C(=O)N(c3ccc(S(N)(=O)=O)cc3)C(=O)/C2=N\O)cc1. The number of nitrogens with one attached hydrogen (secondary N) is 1. The lowest BCUT2D eigenvalue weighted by Gasteiger charge is -2.14. The Kier molecular flexibility index (Phi) is 5.84. The largest absolute Gasteiger partial charge is 0.410 e. The molecule has 15 heteroatoms. The number of nitrogens with zero attached hydrogens (tertiary/aromatic N) is 2. The van der Waals surface area contributed by atoms with Crippen molar-refractivity contribution in [2.45, 2.75) is 9.79 Å². The molecule has 0 bridgehead atoms. The fraction of sp³-hybridized carbons (Fsp3) is 0.0588. The summed E-state index contributed by atoms with van der Waals surface area (Å²) in [5.41, 5.74) is -0.763.